The van der Waals surface area contributed by atoms with Crippen molar-refractivity contribution in [3.63, 3.8) is 0 Å². The maximum Gasteiger partial charge on any atom is 0.252 e. The molecule has 5 nitrogen and oxygen atoms in total. The fourth-order valence-corrected chi connectivity index (χ4v) is 4.97. The molecule has 1 aliphatic heterocycles. The van der Waals surface area contributed by atoms with E-state index in [0.29, 0.717) is 0 Å². The van der Waals surface area contributed by atoms with Crippen LogP contribution in [0, 0.1) is 5.92 Å². The van der Waals surface area contributed by atoms with E-state index in [1.165, 1.54) is 25.9 Å². The molecule has 31 heavy (non-hydrogen) atoms. The van der Waals surface area contributed by atoms with Crippen LogP contribution in [0.25, 0.3) is 5.65 Å². The second-order valence-electron chi connectivity index (χ2n) is 8.47. The molecule has 4 rings (SSSR count). The van der Waals surface area contributed by atoms with Gasteiger partial charge < -0.3 is 14.6 Å². The van der Waals surface area contributed by atoms with E-state index in [-0.39, 0.29) is 5.91 Å². The van der Waals surface area contributed by atoms with Gasteiger partial charge in [0.2, 0.25) is 0 Å². The molecule has 2 aromatic heterocycles. The average molecular weight is 437 g/mol. The SMILES string of the molecule is CC1CCN(CCCCNC(=O)c2ccccc2SCc2cn3ccccc3n2)CC1. The summed E-state index contributed by atoms with van der Waals surface area (Å²) in [5.74, 6) is 1.63. The van der Waals surface area contributed by atoms with Gasteiger partial charge >= 0.3 is 0 Å². The number of rotatable bonds is 9. The Morgan fingerprint density at radius 3 is 2.77 bits per heavy atom. The summed E-state index contributed by atoms with van der Waals surface area (Å²) in [6.07, 6.45) is 8.85. The fraction of sp³-hybridized carbons (Fsp3) is 0.440. The molecular weight excluding hydrogens is 404 g/mol. The second kappa shape index (κ2) is 10.8. The second-order valence-corrected chi connectivity index (χ2v) is 9.49. The largest absolute Gasteiger partial charge is 0.352 e. The zero-order chi connectivity index (χ0) is 21.5. The summed E-state index contributed by atoms with van der Waals surface area (Å²) in [6, 6.07) is 13.8. The van der Waals surface area contributed by atoms with Crippen LogP contribution in [-0.2, 0) is 5.75 Å². The number of unbranched alkanes of at least 4 members (excludes halogenated alkanes) is 1. The van der Waals surface area contributed by atoms with E-state index in [4.69, 9.17) is 0 Å². The van der Waals surface area contributed by atoms with Crippen LogP contribution in [0.15, 0.2) is 59.8 Å². The number of carbonyl (C=O) groups is 1. The number of nitrogens with one attached hydrogen (secondary N) is 1. The summed E-state index contributed by atoms with van der Waals surface area (Å²) >= 11 is 1.66. The van der Waals surface area contributed by atoms with Crippen LogP contribution in [0.1, 0.15) is 48.7 Å². The molecule has 6 heteroatoms. The molecule has 0 spiro atoms. The lowest BCUT2D eigenvalue weighted by atomic mass is 9.99. The number of imidazole rings is 1. The number of benzene rings is 1. The van der Waals surface area contributed by atoms with Crippen molar-refractivity contribution in [1.82, 2.24) is 19.6 Å². The predicted molar refractivity (Wildman–Crippen MR) is 128 cm³/mol. The van der Waals surface area contributed by atoms with E-state index in [2.05, 4.69) is 22.1 Å². The lowest BCUT2D eigenvalue weighted by Gasteiger charge is -2.30. The summed E-state index contributed by atoms with van der Waals surface area (Å²) in [5, 5.41) is 3.11. The van der Waals surface area contributed by atoms with Gasteiger partial charge in [0, 0.05) is 29.6 Å². The van der Waals surface area contributed by atoms with Crippen LogP contribution in [0.2, 0.25) is 0 Å². The number of hydrogen-bond acceptors (Lipinski definition) is 4. The fourth-order valence-electron chi connectivity index (χ4n) is 4.03. The van der Waals surface area contributed by atoms with E-state index in [1.807, 2.05) is 59.3 Å². The minimum Gasteiger partial charge on any atom is -0.352 e. The number of amides is 1. The molecule has 3 aromatic rings. The van der Waals surface area contributed by atoms with Crippen molar-refractivity contribution in [1.29, 1.82) is 0 Å². The number of pyridine rings is 1. The smallest absolute Gasteiger partial charge is 0.252 e. The molecule has 0 radical (unpaired) electrons. The Bertz CT molecular complexity index is 961. The number of hydrogen-bond donors (Lipinski definition) is 1. The summed E-state index contributed by atoms with van der Waals surface area (Å²) < 4.78 is 2.03. The highest BCUT2D eigenvalue weighted by Crippen LogP contribution is 2.26. The molecule has 1 aliphatic rings. The van der Waals surface area contributed by atoms with E-state index in [9.17, 15) is 4.79 Å². The minimum absolute atomic E-state index is 0.0184. The van der Waals surface area contributed by atoms with Gasteiger partial charge in [0.05, 0.1) is 11.3 Å². The van der Waals surface area contributed by atoms with Gasteiger partial charge in [-0.25, -0.2) is 4.98 Å². The quantitative estimate of drug-likeness (QED) is 0.384. The Morgan fingerprint density at radius 2 is 1.94 bits per heavy atom. The highest BCUT2D eigenvalue weighted by atomic mass is 32.2. The third-order valence-corrected chi connectivity index (χ3v) is 7.09. The van der Waals surface area contributed by atoms with Crippen molar-refractivity contribution >= 4 is 23.3 Å². The molecule has 0 bridgehead atoms. The number of thioether (sulfide) groups is 1. The minimum atomic E-state index is 0.0184. The molecular formula is C25H32N4OS. The predicted octanol–water partition coefficient (Wildman–Crippen LogP) is 4.87. The zero-order valence-corrected chi connectivity index (χ0v) is 19.1. The van der Waals surface area contributed by atoms with Gasteiger partial charge in [-0.15, -0.1) is 11.8 Å². The normalized spacial score (nSPS) is 15.4. The molecule has 3 heterocycles. The molecule has 0 aliphatic carbocycles. The van der Waals surface area contributed by atoms with Gasteiger partial charge in [-0.2, -0.15) is 0 Å². The number of aromatic nitrogens is 2. The summed E-state index contributed by atoms with van der Waals surface area (Å²) in [6.45, 7) is 6.68. The molecule has 1 aromatic carbocycles. The monoisotopic (exact) mass is 436 g/mol. The van der Waals surface area contributed by atoms with Crippen molar-refractivity contribution in [3.8, 4) is 0 Å². The number of piperidine rings is 1. The molecule has 1 N–H and O–H groups in total. The molecule has 1 fully saturated rings. The van der Waals surface area contributed by atoms with Crippen molar-refractivity contribution in [2.75, 3.05) is 26.2 Å². The van der Waals surface area contributed by atoms with Crippen LogP contribution < -0.4 is 5.32 Å². The van der Waals surface area contributed by atoms with Gasteiger partial charge in [0.25, 0.3) is 5.91 Å². The maximum absolute atomic E-state index is 12.8. The Balaban J connectivity index is 1.24. The van der Waals surface area contributed by atoms with Crippen LogP contribution in [-0.4, -0.2) is 46.4 Å². The molecule has 1 saturated heterocycles. The lowest BCUT2D eigenvalue weighted by Crippen LogP contribution is -2.34. The molecule has 0 atom stereocenters. The van der Waals surface area contributed by atoms with Gasteiger partial charge in [-0.1, -0.05) is 25.1 Å². The third-order valence-electron chi connectivity index (χ3n) is 5.98. The topological polar surface area (TPSA) is 49.6 Å². The van der Waals surface area contributed by atoms with Gasteiger partial charge in [0.1, 0.15) is 5.65 Å². The standard InChI is InChI=1S/C25H32N4OS/c1-20-11-16-28(17-12-20)14-7-5-13-26-25(30)22-8-2-3-9-23(22)31-19-21-18-29-15-6-4-10-24(29)27-21/h2-4,6,8-10,15,18,20H,5,7,11-14,16-17,19H2,1H3,(H,26,30). The summed E-state index contributed by atoms with van der Waals surface area (Å²) in [5.41, 5.74) is 2.71. The highest BCUT2D eigenvalue weighted by Gasteiger charge is 2.15. The first-order chi connectivity index (χ1) is 15.2. The van der Waals surface area contributed by atoms with Crippen molar-refractivity contribution in [2.45, 2.75) is 43.3 Å². The lowest BCUT2D eigenvalue weighted by molar-refractivity contribution is 0.0949. The first kappa shape index (κ1) is 21.9. The zero-order valence-electron chi connectivity index (χ0n) is 18.3. The number of nitrogens with zero attached hydrogens (tertiary/aromatic N) is 3. The average Bonchev–Trinajstić information content (AvgIpc) is 3.22. The van der Waals surface area contributed by atoms with Crippen LogP contribution in [0.4, 0.5) is 0 Å². The Labute approximate surface area is 189 Å². The van der Waals surface area contributed by atoms with E-state index < -0.39 is 0 Å². The molecule has 164 valence electrons. The first-order valence-electron chi connectivity index (χ1n) is 11.3. The van der Waals surface area contributed by atoms with Gasteiger partial charge in [-0.05, 0) is 75.5 Å². The molecule has 0 saturated carbocycles. The molecule has 0 unspecified atom stereocenters. The Hall–Kier alpha value is -2.31. The van der Waals surface area contributed by atoms with Crippen LogP contribution in [0.3, 0.4) is 0 Å². The van der Waals surface area contributed by atoms with Gasteiger partial charge in [-0.3, -0.25) is 4.79 Å². The Morgan fingerprint density at radius 1 is 1.13 bits per heavy atom. The van der Waals surface area contributed by atoms with Crippen molar-refractivity contribution in [2.24, 2.45) is 5.92 Å². The number of carbonyl (C=O) groups excluding carboxylic acids is 1. The molecule has 1 amide bonds. The first-order valence-corrected chi connectivity index (χ1v) is 12.3. The van der Waals surface area contributed by atoms with Gasteiger partial charge in [0.15, 0.2) is 0 Å². The third kappa shape index (κ3) is 6.11. The Kier molecular flexibility index (Phi) is 7.65. The number of fused-ring (bicyclic) bond motifs is 1. The van der Waals surface area contributed by atoms with Crippen LogP contribution in [0.5, 0.6) is 0 Å². The van der Waals surface area contributed by atoms with E-state index >= 15 is 0 Å². The van der Waals surface area contributed by atoms with Crippen molar-refractivity contribution in [3.05, 3.63) is 66.1 Å². The summed E-state index contributed by atoms with van der Waals surface area (Å²) in [7, 11) is 0. The number of likely N-dealkylation sites (tertiary alicyclic amines) is 1. The highest BCUT2D eigenvalue weighted by molar-refractivity contribution is 7.98. The maximum atomic E-state index is 12.8. The van der Waals surface area contributed by atoms with Crippen molar-refractivity contribution < 1.29 is 4.79 Å². The summed E-state index contributed by atoms with van der Waals surface area (Å²) in [4.78, 5) is 21.0. The van der Waals surface area contributed by atoms with E-state index in [0.717, 1.165) is 59.4 Å². The van der Waals surface area contributed by atoms with Crippen LogP contribution >= 0.6 is 11.8 Å². The van der Waals surface area contributed by atoms with E-state index in [1.54, 1.807) is 11.8 Å².